The van der Waals surface area contributed by atoms with Crippen molar-refractivity contribution in [2.75, 3.05) is 0 Å². The van der Waals surface area contributed by atoms with Gasteiger partial charge in [0.1, 0.15) is 0 Å². The zero-order valence-electron chi connectivity index (χ0n) is 10.5. The summed E-state index contributed by atoms with van der Waals surface area (Å²) in [6, 6.07) is 22.8. The van der Waals surface area contributed by atoms with Crippen molar-refractivity contribution in [2.24, 2.45) is 0 Å². The maximum Gasteiger partial charge on any atom is 0.0207 e. The monoisotopic (exact) mass is 261 g/mol. The fourth-order valence-corrected chi connectivity index (χ4v) is 3.78. The molecule has 1 radical (unpaired) electrons. The van der Waals surface area contributed by atoms with Crippen molar-refractivity contribution in [1.82, 2.24) is 0 Å². The Morgan fingerprint density at radius 3 is 2.47 bits per heavy atom. The zero-order valence-corrected chi connectivity index (χ0v) is 11.3. The Bertz CT molecular complexity index is 734. The maximum atomic E-state index is 3.44. The summed E-state index contributed by atoms with van der Waals surface area (Å²) in [5.74, 6) is 0. The summed E-state index contributed by atoms with van der Waals surface area (Å²) < 4.78 is 0. The van der Waals surface area contributed by atoms with Crippen molar-refractivity contribution >= 4 is 22.5 Å². The van der Waals surface area contributed by atoms with Gasteiger partial charge in [0.2, 0.25) is 0 Å². The van der Waals surface area contributed by atoms with Crippen LogP contribution in [0.15, 0.2) is 64.4 Å². The van der Waals surface area contributed by atoms with Crippen LogP contribution >= 0.6 is 11.8 Å². The fourth-order valence-electron chi connectivity index (χ4n) is 2.83. The molecule has 0 N–H and O–H groups in total. The van der Waals surface area contributed by atoms with Gasteiger partial charge in [-0.05, 0) is 53.6 Å². The second-order valence-electron chi connectivity index (χ2n) is 4.89. The summed E-state index contributed by atoms with van der Waals surface area (Å²) in [7, 11) is 0. The van der Waals surface area contributed by atoms with E-state index in [0.29, 0.717) is 0 Å². The van der Waals surface area contributed by atoms with Gasteiger partial charge in [0.25, 0.3) is 0 Å². The Balaban J connectivity index is 1.88. The Hall–Kier alpha value is -1.73. The first-order chi connectivity index (χ1) is 9.42. The molecule has 19 heavy (non-hydrogen) atoms. The van der Waals surface area contributed by atoms with Crippen molar-refractivity contribution in [3.63, 3.8) is 0 Å². The van der Waals surface area contributed by atoms with Gasteiger partial charge < -0.3 is 0 Å². The molecule has 4 rings (SSSR count). The highest BCUT2D eigenvalue weighted by Gasteiger charge is 2.16. The average Bonchev–Trinajstić information content (AvgIpc) is 2.88. The molecule has 1 heteroatoms. The van der Waals surface area contributed by atoms with Gasteiger partial charge in [-0.15, -0.1) is 0 Å². The molecule has 0 heterocycles. The van der Waals surface area contributed by atoms with E-state index in [0.717, 1.165) is 0 Å². The SMILES string of the molecule is [c]1ccc2c3c(ccc(Sc4ccccc4)c13)CC2. The van der Waals surface area contributed by atoms with E-state index in [4.69, 9.17) is 0 Å². The van der Waals surface area contributed by atoms with E-state index in [2.05, 4.69) is 60.7 Å². The molecule has 91 valence electrons. The molecule has 3 aromatic rings. The smallest absolute Gasteiger partial charge is 0.0207 e. The minimum Gasteiger partial charge on any atom is -0.0894 e. The van der Waals surface area contributed by atoms with Gasteiger partial charge in [0, 0.05) is 15.2 Å². The average molecular weight is 261 g/mol. The predicted octanol–water partition coefficient (Wildman–Crippen LogP) is 4.89. The molecule has 0 atom stereocenters. The molecule has 0 aliphatic heterocycles. The standard InChI is InChI=1S/C18H13S/c1-2-6-15(7-3-1)19-17-12-11-14-10-9-13-5-4-8-16(17)18(13)14/h1-7,11-12H,9-10H2. The minimum atomic E-state index is 1.18. The number of aryl methyl sites for hydroxylation is 2. The number of rotatable bonds is 2. The largest absolute Gasteiger partial charge is 0.0894 e. The molecule has 0 saturated carbocycles. The summed E-state index contributed by atoms with van der Waals surface area (Å²) in [4.78, 5) is 2.60. The van der Waals surface area contributed by atoms with Crippen molar-refractivity contribution in [3.8, 4) is 0 Å². The molecule has 0 unspecified atom stereocenters. The van der Waals surface area contributed by atoms with Crippen LogP contribution in [0.2, 0.25) is 0 Å². The van der Waals surface area contributed by atoms with Gasteiger partial charge >= 0.3 is 0 Å². The van der Waals surface area contributed by atoms with E-state index in [1.807, 2.05) is 11.8 Å². The third kappa shape index (κ3) is 1.85. The summed E-state index contributed by atoms with van der Waals surface area (Å²) >= 11 is 1.83. The molecule has 0 aromatic heterocycles. The third-order valence-corrected chi connectivity index (χ3v) is 4.79. The highest BCUT2D eigenvalue weighted by atomic mass is 32.2. The lowest BCUT2D eigenvalue weighted by Crippen LogP contribution is -1.82. The normalized spacial score (nSPS) is 13.1. The van der Waals surface area contributed by atoms with E-state index >= 15 is 0 Å². The van der Waals surface area contributed by atoms with Crippen LogP contribution in [0.1, 0.15) is 11.1 Å². The molecule has 0 bridgehead atoms. The first-order valence-corrected chi connectivity index (χ1v) is 7.41. The van der Waals surface area contributed by atoms with Crippen LogP contribution in [0.3, 0.4) is 0 Å². The number of hydrogen-bond acceptors (Lipinski definition) is 1. The van der Waals surface area contributed by atoms with E-state index in [1.165, 1.54) is 44.5 Å². The summed E-state index contributed by atoms with van der Waals surface area (Å²) in [6.45, 7) is 0. The minimum absolute atomic E-state index is 1.18. The van der Waals surface area contributed by atoms with E-state index in [1.54, 1.807) is 0 Å². The summed E-state index contributed by atoms with van der Waals surface area (Å²) in [5.41, 5.74) is 2.97. The van der Waals surface area contributed by atoms with Crippen LogP contribution < -0.4 is 0 Å². The number of hydrogen-bond donors (Lipinski definition) is 0. The molecular formula is C18H13S. The molecule has 0 fully saturated rings. The fraction of sp³-hybridized carbons (Fsp3) is 0.111. The molecule has 0 spiro atoms. The van der Waals surface area contributed by atoms with Crippen molar-refractivity contribution in [3.05, 3.63) is 71.8 Å². The maximum absolute atomic E-state index is 3.44. The van der Waals surface area contributed by atoms with Gasteiger partial charge in [-0.1, -0.05) is 48.2 Å². The van der Waals surface area contributed by atoms with Crippen LogP contribution in [0.25, 0.3) is 10.8 Å². The Labute approximate surface area is 117 Å². The lowest BCUT2D eigenvalue weighted by molar-refractivity contribution is 1.02. The van der Waals surface area contributed by atoms with Crippen molar-refractivity contribution < 1.29 is 0 Å². The van der Waals surface area contributed by atoms with Gasteiger partial charge in [-0.2, -0.15) is 0 Å². The highest BCUT2D eigenvalue weighted by Crippen LogP contribution is 2.38. The van der Waals surface area contributed by atoms with Crippen LogP contribution in [0.5, 0.6) is 0 Å². The van der Waals surface area contributed by atoms with Crippen LogP contribution in [0.4, 0.5) is 0 Å². The molecule has 0 amide bonds. The predicted molar refractivity (Wildman–Crippen MR) is 80.8 cm³/mol. The lowest BCUT2D eigenvalue weighted by Gasteiger charge is -2.08. The summed E-state index contributed by atoms with van der Waals surface area (Å²) in [6.07, 6.45) is 2.36. The molecular weight excluding hydrogens is 248 g/mol. The van der Waals surface area contributed by atoms with E-state index in [-0.39, 0.29) is 0 Å². The number of benzene rings is 3. The van der Waals surface area contributed by atoms with Crippen LogP contribution in [-0.4, -0.2) is 0 Å². The Morgan fingerprint density at radius 1 is 0.842 bits per heavy atom. The van der Waals surface area contributed by atoms with Crippen LogP contribution in [-0.2, 0) is 12.8 Å². The first-order valence-electron chi connectivity index (χ1n) is 6.60. The lowest BCUT2D eigenvalue weighted by atomic mass is 10.1. The van der Waals surface area contributed by atoms with Gasteiger partial charge in [0.05, 0.1) is 0 Å². The Morgan fingerprint density at radius 2 is 1.63 bits per heavy atom. The van der Waals surface area contributed by atoms with Gasteiger partial charge in [-0.25, -0.2) is 0 Å². The molecule has 0 nitrogen and oxygen atoms in total. The molecule has 1 aliphatic rings. The van der Waals surface area contributed by atoms with E-state index in [9.17, 15) is 0 Å². The molecule has 1 aliphatic carbocycles. The Kier molecular flexibility index (Phi) is 2.59. The van der Waals surface area contributed by atoms with Gasteiger partial charge in [-0.3, -0.25) is 0 Å². The second-order valence-corrected chi connectivity index (χ2v) is 6.01. The zero-order chi connectivity index (χ0) is 12.7. The van der Waals surface area contributed by atoms with E-state index < -0.39 is 0 Å². The highest BCUT2D eigenvalue weighted by molar-refractivity contribution is 7.99. The summed E-state index contributed by atoms with van der Waals surface area (Å²) in [5, 5.41) is 2.74. The molecule has 3 aromatic carbocycles. The third-order valence-electron chi connectivity index (χ3n) is 3.72. The first kappa shape index (κ1) is 11.1. The van der Waals surface area contributed by atoms with Crippen molar-refractivity contribution in [2.45, 2.75) is 22.6 Å². The quantitative estimate of drug-likeness (QED) is 0.633. The molecule has 0 saturated heterocycles. The topological polar surface area (TPSA) is 0 Å². The van der Waals surface area contributed by atoms with Gasteiger partial charge in [0.15, 0.2) is 0 Å². The second kappa shape index (κ2) is 4.43. The van der Waals surface area contributed by atoms with Crippen LogP contribution in [0, 0.1) is 6.07 Å². The van der Waals surface area contributed by atoms with Crippen molar-refractivity contribution in [1.29, 1.82) is 0 Å².